The monoisotopic (exact) mass is 516 g/mol. The third-order valence-electron chi connectivity index (χ3n) is 6.34. The maximum Gasteiger partial charge on any atom is 0.415 e. The van der Waals surface area contributed by atoms with Gasteiger partial charge in [0, 0.05) is 17.9 Å². The van der Waals surface area contributed by atoms with Crippen LogP contribution in [-0.2, 0) is 11.3 Å². The summed E-state index contributed by atoms with van der Waals surface area (Å²) in [6.07, 6.45) is -2.69. The molecule has 1 saturated heterocycles. The lowest BCUT2D eigenvalue weighted by atomic mass is 9.96. The Morgan fingerprint density at radius 2 is 1.50 bits per heavy atom. The predicted molar refractivity (Wildman–Crippen MR) is 140 cm³/mol. The van der Waals surface area contributed by atoms with Crippen molar-refractivity contribution in [3.8, 4) is 5.75 Å². The van der Waals surface area contributed by atoms with E-state index in [9.17, 15) is 18.7 Å². The maximum atomic E-state index is 13.6. The fourth-order valence-corrected chi connectivity index (χ4v) is 4.40. The molecule has 0 bridgehead atoms. The first-order valence-corrected chi connectivity index (χ1v) is 12.2. The van der Waals surface area contributed by atoms with E-state index in [1.54, 1.807) is 24.3 Å². The number of nitrogens with one attached hydrogen (secondary N) is 1. The standard InChI is InChI=1S/C30H26F2N2O4/c31-22-8-12-24(13-9-22)33-18-27(35)29-28(34(30(36)38-29)25-14-10-23(32)11-15-25)21-6-16-26(17-7-21)37-19-20-4-2-1-3-5-20/h1-17,27-29,33,35H,18-19H2. The van der Waals surface area contributed by atoms with Crippen molar-refractivity contribution in [2.75, 3.05) is 16.8 Å². The number of cyclic esters (lactones) is 1. The number of carbonyl (C=O) groups excluding carboxylic acids is 1. The molecule has 3 atom stereocenters. The van der Waals surface area contributed by atoms with Gasteiger partial charge < -0.3 is 19.9 Å². The van der Waals surface area contributed by atoms with Crippen molar-refractivity contribution >= 4 is 17.5 Å². The zero-order chi connectivity index (χ0) is 26.5. The van der Waals surface area contributed by atoms with Crippen LogP contribution in [0, 0.1) is 11.6 Å². The van der Waals surface area contributed by atoms with E-state index in [0.717, 1.165) is 5.56 Å². The van der Waals surface area contributed by atoms with E-state index < -0.39 is 30.2 Å². The molecule has 3 unspecified atom stereocenters. The van der Waals surface area contributed by atoms with Gasteiger partial charge in [0.1, 0.15) is 36.1 Å². The lowest BCUT2D eigenvalue weighted by molar-refractivity contribution is 0.0264. The van der Waals surface area contributed by atoms with Gasteiger partial charge in [0.05, 0.1) is 0 Å². The summed E-state index contributed by atoms with van der Waals surface area (Å²) in [4.78, 5) is 14.4. The summed E-state index contributed by atoms with van der Waals surface area (Å²) in [6, 6.07) is 27.6. The molecule has 0 aliphatic carbocycles. The molecule has 1 aliphatic rings. The Morgan fingerprint density at radius 3 is 2.16 bits per heavy atom. The molecular weight excluding hydrogens is 490 g/mol. The van der Waals surface area contributed by atoms with Crippen LogP contribution in [0.25, 0.3) is 0 Å². The first-order chi connectivity index (χ1) is 18.5. The van der Waals surface area contributed by atoms with Crippen LogP contribution in [0.1, 0.15) is 17.2 Å². The molecule has 5 rings (SSSR count). The minimum Gasteiger partial charge on any atom is -0.489 e. The van der Waals surface area contributed by atoms with Crippen LogP contribution in [0.2, 0.25) is 0 Å². The molecule has 0 saturated carbocycles. The molecule has 6 nitrogen and oxygen atoms in total. The van der Waals surface area contributed by atoms with E-state index in [1.165, 1.54) is 41.3 Å². The Labute approximate surface area is 219 Å². The molecule has 38 heavy (non-hydrogen) atoms. The third kappa shape index (κ3) is 5.76. The summed E-state index contributed by atoms with van der Waals surface area (Å²) in [5.74, 6) is -0.156. The SMILES string of the molecule is O=C1OC(C(O)CNc2ccc(F)cc2)C(c2ccc(OCc3ccccc3)cc2)N1c1ccc(F)cc1. The Morgan fingerprint density at radius 1 is 0.868 bits per heavy atom. The molecular formula is C30H26F2N2O4. The van der Waals surface area contributed by atoms with Crippen molar-refractivity contribution in [2.24, 2.45) is 0 Å². The molecule has 1 fully saturated rings. The fraction of sp³-hybridized carbons (Fsp3) is 0.167. The van der Waals surface area contributed by atoms with Crippen molar-refractivity contribution in [1.82, 2.24) is 0 Å². The second-order valence-electron chi connectivity index (χ2n) is 8.94. The van der Waals surface area contributed by atoms with Gasteiger partial charge in [0.2, 0.25) is 0 Å². The number of nitrogens with zero attached hydrogens (tertiary/aromatic N) is 1. The van der Waals surface area contributed by atoms with E-state index in [4.69, 9.17) is 9.47 Å². The normalized spacial score (nSPS) is 17.7. The van der Waals surface area contributed by atoms with Gasteiger partial charge >= 0.3 is 6.09 Å². The number of rotatable bonds is 9. The Hall–Kier alpha value is -4.43. The molecule has 4 aromatic rings. The second kappa shape index (κ2) is 11.3. The zero-order valence-electron chi connectivity index (χ0n) is 20.3. The summed E-state index contributed by atoms with van der Waals surface area (Å²) in [5.41, 5.74) is 2.79. The molecule has 1 aliphatic heterocycles. The van der Waals surface area contributed by atoms with Gasteiger partial charge in [-0.1, -0.05) is 42.5 Å². The summed E-state index contributed by atoms with van der Waals surface area (Å²) in [6.45, 7) is 0.457. The van der Waals surface area contributed by atoms with Gasteiger partial charge in [-0.25, -0.2) is 13.6 Å². The van der Waals surface area contributed by atoms with Crippen LogP contribution >= 0.6 is 0 Å². The van der Waals surface area contributed by atoms with Gasteiger partial charge in [-0.3, -0.25) is 4.90 Å². The van der Waals surface area contributed by atoms with Crippen LogP contribution in [0.5, 0.6) is 5.75 Å². The Kier molecular flexibility index (Phi) is 7.51. The molecule has 0 spiro atoms. The average molecular weight is 517 g/mol. The molecule has 1 amide bonds. The van der Waals surface area contributed by atoms with Crippen molar-refractivity contribution in [1.29, 1.82) is 0 Å². The van der Waals surface area contributed by atoms with Gasteiger partial charge in [-0.2, -0.15) is 0 Å². The topological polar surface area (TPSA) is 71.0 Å². The predicted octanol–water partition coefficient (Wildman–Crippen LogP) is 6.08. The van der Waals surface area contributed by atoms with E-state index in [1.807, 2.05) is 42.5 Å². The number of anilines is 2. The third-order valence-corrected chi connectivity index (χ3v) is 6.34. The van der Waals surface area contributed by atoms with Gasteiger partial charge in [-0.05, 0) is 71.8 Å². The highest BCUT2D eigenvalue weighted by atomic mass is 19.1. The van der Waals surface area contributed by atoms with Crippen molar-refractivity contribution in [3.05, 3.63) is 126 Å². The zero-order valence-corrected chi connectivity index (χ0v) is 20.3. The first kappa shape index (κ1) is 25.2. The number of carbonyl (C=O) groups is 1. The largest absolute Gasteiger partial charge is 0.489 e. The molecule has 0 radical (unpaired) electrons. The highest BCUT2D eigenvalue weighted by Crippen LogP contribution is 2.39. The van der Waals surface area contributed by atoms with Crippen molar-refractivity contribution < 1.29 is 28.2 Å². The minimum absolute atomic E-state index is 0.0512. The van der Waals surface area contributed by atoms with Gasteiger partial charge in [0.25, 0.3) is 0 Å². The van der Waals surface area contributed by atoms with Crippen molar-refractivity contribution in [2.45, 2.75) is 24.9 Å². The number of hydrogen-bond donors (Lipinski definition) is 2. The minimum atomic E-state index is -1.10. The van der Waals surface area contributed by atoms with Crippen LogP contribution in [0.3, 0.4) is 0 Å². The van der Waals surface area contributed by atoms with Crippen LogP contribution in [-0.4, -0.2) is 30.0 Å². The smallest absolute Gasteiger partial charge is 0.415 e. The number of aliphatic hydroxyl groups is 1. The quantitative estimate of drug-likeness (QED) is 0.282. The highest BCUT2D eigenvalue weighted by Gasteiger charge is 2.47. The number of amides is 1. The molecule has 2 N–H and O–H groups in total. The molecule has 194 valence electrons. The van der Waals surface area contributed by atoms with E-state index in [2.05, 4.69) is 5.32 Å². The van der Waals surface area contributed by atoms with E-state index >= 15 is 0 Å². The lowest BCUT2D eigenvalue weighted by Crippen LogP contribution is -2.38. The second-order valence-corrected chi connectivity index (χ2v) is 8.94. The molecule has 1 heterocycles. The average Bonchev–Trinajstić information content (AvgIpc) is 3.29. The summed E-state index contributed by atoms with van der Waals surface area (Å²) in [5, 5.41) is 14.1. The maximum absolute atomic E-state index is 13.6. The molecule has 8 heteroatoms. The van der Waals surface area contributed by atoms with Crippen molar-refractivity contribution in [3.63, 3.8) is 0 Å². The van der Waals surface area contributed by atoms with E-state index in [0.29, 0.717) is 29.3 Å². The van der Waals surface area contributed by atoms with Crippen LogP contribution in [0.15, 0.2) is 103 Å². The number of halogens is 2. The number of hydrogen-bond acceptors (Lipinski definition) is 5. The Bertz CT molecular complexity index is 1350. The van der Waals surface area contributed by atoms with Gasteiger partial charge in [0.15, 0.2) is 6.10 Å². The lowest BCUT2D eigenvalue weighted by Gasteiger charge is -2.28. The summed E-state index contributed by atoms with van der Waals surface area (Å²) >= 11 is 0. The van der Waals surface area contributed by atoms with Crippen LogP contribution < -0.4 is 15.0 Å². The first-order valence-electron chi connectivity index (χ1n) is 12.2. The summed E-state index contributed by atoms with van der Waals surface area (Å²) < 4.78 is 38.4. The van der Waals surface area contributed by atoms with Gasteiger partial charge in [-0.15, -0.1) is 0 Å². The summed E-state index contributed by atoms with van der Waals surface area (Å²) in [7, 11) is 0. The number of aliphatic hydroxyl groups excluding tert-OH is 1. The number of ether oxygens (including phenoxy) is 2. The highest BCUT2D eigenvalue weighted by molar-refractivity contribution is 5.91. The Balaban J connectivity index is 1.37. The van der Waals surface area contributed by atoms with Crippen LogP contribution in [0.4, 0.5) is 25.0 Å². The fourth-order valence-electron chi connectivity index (χ4n) is 4.40. The molecule has 0 aromatic heterocycles. The molecule has 4 aromatic carbocycles. The van der Waals surface area contributed by atoms with E-state index in [-0.39, 0.29) is 12.4 Å². The number of benzene rings is 4.